The van der Waals surface area contributed by atoms with E-state index in [9.17, 15) is 0 Å². The molecule has 2 unspecified atom stereocenters. The number of piperazine rings is 1. The minimum absolute atomic E-state index is 0.209. The molecule has 0 amide bonds. The molecule has 0 aromatic carbocycles. The summed E-state index contributed by atoms with van der Waals surface area (Å²) < 4.78 is 11.6. The normalized spacial score (nSPS) is 38.3. The highest BCUT2D eigenvalue weighted by atomic mass is 16.7. The zero-order valence-corrected chi connectivity index (χ0v) is 11.7. The molecule has 1 N–H and O–H groups in total. The zero-order valence-electron chi connectivity index (χ0n) is 11.7. The summed E-state index contributed by atoms with van der Waals surface area (Å²) in [5.74, 6) is -0.209. The predicted octanol–water partition coefficient (Wildman–Crippen LogP) is 1.35. The maximum atomic E-state index is 5.81. The van der Waals surface area contributed by atoms with E-state index in [0.717, 1.165) is 38.6 Å². The van der Waals surface area contributed by atoms with Gasteiger partial charge in [-0.3, -0.25) is 4.90 Å². The third-order valence-corrected chi connectivity index (χ3v) is 4.81. The van der Waals surface area contributed by atoms with Crippen LogP contribution in [0.1, 0.15) is 39.5 Å². The van der Waals surface area contributed by atoms with E-state index < -0.39 is 0 Å². The third kappa shape index (κ3) is 2.44. The van der Waals surface area contributed by atoms with Gasteiger partial charge in [-0.15, -0.1) is 0 Å². The first kappa shape index (κ1) is 12.9. The fraction of sp³-hybridized carbons (Fsp3) is 1.00. The van der Waals surface area contributed by atoms with Crippen LogP contribution in [0.4, 0.5) is 0 Å². The summed E-state index contributed by atoms with van der Waals surface area (Å²) in [5.41, 5.74) is 0. The van der Waals surface area contributed by atoms with Crippen LogP contribution in [0.25, 0.3) is 0 Å². The zero-order chi connectivity index (χ0) is 12.6. The van der Waals surface area contributed by atoms with Crippen LogP contribution in [0.5, 0.6) is 0 Å². The van der Waals surface area contributed by atoms with Crippen molar-refractivity contribution >= 4 is 0 Å². The molecule has 1 spiro atoms. The van der Waals surface area contributed by atoms with Crippen molar-refractivity contribution < 1.29 is 9.47 Å². The Labute approximate surface area is 110 Å². The third-order valence-electron chi connectivity index (χ3n) is 4.81. The predicted molar refractivity (Wildman–Crippen MR) is 70.5 cm³/mol. The van der Waals surface area contributed by atoms with Gasteiger partial charge in [0.05, 0.1) is 13.2 Å². The first-order valence-corrected chi connectivity index (χ1v) is 7.46. The molecular formula is C14H26N2O2. The molecule has 0 bridgehead atoms. The lowest BCUT2D eigenvalue weighted by atomic mass is 9.87. The molecule has 2 heterocycles. The maximum Gasteiger partial charge on any atom is 0.168 e. The van der Waals surface area contributed by atoms with E-state index in [0.29, 0.717) is 12.1 Å². The molecule has 1 saturated carbocycles. The number of hydrogen-bond acceptors (Lipinski definition) is 4. The summed E-state index contributed by atoms with van der Waals surface area (Å²) in [6, 6.07) is 2.00. The monoisotopic (exact) mass is 254 g/mol. The van der Waals surface area contributed by atoms with E-state index in [1.54, 1.807) is 0 Å². The van der Waals surface area contributed by atoms with Crippen molar-refractivity contribution in [3.05, 3.63) is 0 Å². The Morgan fingerprint density at radius 2 is 1.78 bits per heavy atom. The second kappa shape index (κ2) is 5.08. The number of ether oxygens (including phenoxy) is 2. The van der Waals surface area contributed by atoms with E-state index in [4.69, 9.17) is 9.47 Å². The van der Waals surface area contributed by atoms with E-state index in [-0.39, 0.29) is 5.79 Å². The van der Waals surface area contributed by atoms with Gasteiger partial charge in [-0.25, -0.2) is 0 Å². The van der Waals surface area contributed by atoms with Crippen LogP contribution in [-0.2, 0) is 9.47 Å². The average molecular weight is 254 g/mol. The molecule has 18 heavy (non-hydrogen) atoms. The fourth-order valence-electron chi connectivity index (χ4n) is 3.72. The van der Waals surface area contributed by atoms with Crippen molar-refractivity contribution in [2.75, 3.05) is 26.3 Å². The number of nitrogens with zero attached hydrogens (tertiary/aromatic N) is 1. The van der Waals surface area contributed by atoms with Crippen LogP contribution in [0, 0.1) is 0 Å². The lowest BCUT2D eigenvalue weighted by Gasteiger charge is -2.46. The molecular weight excluding hydrogens is 228 g/mol. The molecule has 3 aliphatic rings. The Hall–Kier alpha value is -0.160. The van der Waals surface area contributed by atoms with Gasteiger partial charge < -0.3 is 14.8 Å². The molecule has 1 aliphatic carbocycles. The summed E-state index contributed by atoms with van der Waals surface area (Å²) in [6.07, 6.45) is 4.58. The van der Waals surface area contributed by atoms with Gasteiger partial charge in [0.15, 0.2) is 5.79 Å². The standard InChI is InChI=1S/C14H26N2O2/c1-11-10-16(12(2)9-15-11)13-3-5-14(6-4-13)17-7-8-18-14/h11-13,15H,3-10H2,1-2H3. The SMILES string of the molecule is CC1CN(C2CCC3(CC2)OCCO3)C(C)CN1. The first-order valence-electron chi connectivity index (χ1n) is 7.46. The van der Waals surface area contributed by atoms with E-state index in [1.165, 1.54) is 19.4 Å². The Balaban J connectivity index is 1.58. The molecule has 2 saturated heterocycles. The second-order valence-electron chi connectivity index (χ2n) is 6.19. The quantitative estimate of drug-likeness (QED) is 0.766. The van der Waals surface area contributed by atoms with Crippen molar-refractivity contribution in [3.8, 4) is 0 Å². The molecule has 0 aromatic rings. The highest BCUT2D eigenvalue weighted by Gasteiger charge is 2.42. The minimum Gasteiger partial charge on any atom is -0.348 e. The van der Waals surface area contributed by atoms with Crippen molar-refractivity contribution in [1.82, 2.24) is 10.2 Å². The van der Waals surface area contributed by atoms with Crippen molar-refractivity contribution in [1.29, 1.82) is 0 Å². The smallest absolute Gasteiger partial charge is 0.168 e. The van der Waals surface area contributed by atoms with Gasteiger partial charge in [0.1, 0.15) is 0 Å². The highest BCUT2D eigenvalue weighted by molar-refractivity contribution is 4.91. The maximum absolute atomic E-state index is 5.81. The van der Waals surface area contributed by atoms with Crippen LogP contribution >= 0.6 is 0 Å². The van der Waals surface area contributed by atoms with Gasteiger partial charge in [0.2, 0.25) is 0 Å². The highest BCUT2D eigenvalue weighted by Crippen LogP contribution is 2.38. The molecule has 104 valence electrons. The van der Waals surface area contributed by atoms with Crippen LogP contribution < -0.4 is 5.32 Å². The van der Waals surface area contributed by atoms with Gasteiger partial charge in [-0.2, -0.15) is 0 Å². The van der Waals surface area contributed by atoms with Crippen LogP contribution in [-0.4, -0.2) is 55.1 Å². The van der Waals surface area contributed by atoms with Gasteiger partial charge in [0.25, 0.3) is 0 Å². The van der Waals surface area contributed by atoms with Crippen LogP contribution in [0.15, 0.2) is 0 Å². The van der Waals surface area contributed by atoms with Crippen molar-refractivity contribution in [2.45, 2.75) is 63.4 Å². The Morgan fingerprint density at radius 3 is 2.44 bits per heavy atom. The molecule has 4 nitrogen and oxygen atoms in total. The summed E-state index contributed by atoms with van der Waals surface area (Å²) in [6.45, 7) is 8.49. The second-order valence-corrected chi connectivity index (χ2v) is 6.19. The number of nitrogens with one attached hydrogen (secondary N) is 1. The first-order chi connectivity index (χ1) is 8.69. The fourth-order valence-corrected chi connectivity index (χ4v) is 3.72. The lowest BCUT2D eigenvalue weighted by molar-refractivity contribution is -0.185. The Bertz CT molecular complexity index is 282. The van der Waals surface area contributed by atoms with Gasteiger partial charge in [0, 0.05) is 44.1 Å². The molecule has 3 rings (SSSR count). The summed E-state index contributed by atoms with van der Waals surface area (Å²) >= 11 is 0. The van der Waals surface area contributed by atoms with E-state index in [1.807, 2.05) is 0 Å². The van der Waals surface area contributed by atoms with Gasteiger partial charge in [-0.05, 0) is 26.7 Å². The van der Waals surface area contributed by atoms with Gasteiger partial charge in [-0.1, -0.05) is 0 Å². The lowest BCUT2D eigenvalue weighted by Crippen LogP contribution is -2.58. The molecule has 2 atom stereocenters. The van der Waals surface area contributed by atoms with Gasteiger partial charge >= 0.3 is 0 Å². The van der Waals surface area contributed by atoms with Crippen molar-refractivity contribution in [3.63, 3.8) is 0 Å². The van der Waals surface area contributed by atoms with Crippen LogP contribution in [0.2, 0.25) is 0 Å². The molecule has 0 radical (unpaired) electrons. The summed E-state index contributed by atoms with van der Waals surface area (Å²) in [7, 11) is 0. The number of rotatable bonds is 1. The molecule has 4 heteroatoms. The average Bonchev–Trinajstić information content (AvgIpc) is 2.82. The summed E-state index contributed by atoms with van der Waals surface area (Å²) in [5, 5.41) is 3.56. The largest absolute Gasteiger partial charge is 0.348 e. The van der Waals surface area contributed by atoms with E-state index >= 15 is 0 Å². The van der Waals surface area contributed by atoms with Crippen molar-refractivity contribution in [2.24, 2.45) is 0 Å². The van der Waals surface area contributed by atoms with Crippen LogP contribution in [0.3, 0.4) is 0 Å². The minimum atomic E-state index is -0.209. The molecule has 2 aliphatic heterocycles. The number of hydrogen-bond donors (Lipinski definition) is 1. The van der Waals surface area contributed by atoms with E-state index in [2.05, 4.69) is 24.1 Å². The Morgan fingerprint density at radius 1 is 1.11 bits per heavy atom. The molecule has 0 aromatic heterocycles. The Kier molecular flexibility index (Phi) is 3.63. The topological polar surface area (TPSA) is 33.7 Å². The molecule has 3 fully saturated rings. The summed E-state index contributed by atoms with van der Waals surface area (Å²) in [4.78, 5) is 2.70.